The van der Waals surface area contributed by atoms with Gasteiger partial charge >= 0.3 is 6.18 Å². The van der Waals surface area contributed by atoms with Crippen LogP contribution in [0.2, 0.25) is 0 Å². The van der Waals surface area contributed by atoms with E-state index < -0.39 is 12.8 Å². The highest BCUT2D eigenvalue weighted by Crippen LogP contribution is 2.20. The van der Waals surface area contributed by atoms with Crippen molar-refractivity contribution in [3.63, 3.8) is 0 Å². The number of amides is 2. The Hall–Kier alpha value is -3.11. The first kappa shape index (κ1) is 21.6. The van der Waals surface area contributed by atoms with E-state index in [4.69, 9.17) is 0 Å². The molecule has 3 rings (SSSR count). The number of halogens is 3. The van der Waals surface area contributed by atoms with Crippen LogP contribution in [-0.2, 0) is 7.05 Å². The molecule has 0 spiro atoms. The van der Waals surface area contributed by atoms with Gasteiger partial charge < -0.3 is 15.0 Å². The quantitative estimate of drug-likeness (QED) is 0.765. The SMILES string of the molecule is Cn1cc(C(=O)NCC2CCN(C(=O)c3ccc(OCC(F)(F)F)nc3)CC2)cn1. The molecular weight excluding hydrogens is 403 g/mol. The first-order valence-electron chi connectivity index (χ1n) is 9.43. The van der Waals surface area contributed by atoms with Gasteiger partial charge in [0.05, 0.1) is 17.3 Å². The molecule has 2 aromatic heterocycles. The molecule has 30 heavy (non-hydrogen) atoms. The third-order valence-corrected chi connectivity index (χ3v) is 4.79. The van der Waals surface area contributed by atoms with E-state index in [2.05, 4.69) is 20.1 Å². The monoisotopic (exact) mass is 425 g/mol. The van der Waals surface area contributed by atoms with E-state index in [1.807, 2.05) is 0 Å². The molecule has 0 unspecified atom stereocenters. The van der Waals surface area contributed by atoms with Gasteiger partial charge in [-0.1, -0.05) is 0 Å². The highest BCUT2D eigenvalue weighted by atomic mass is 19.4. The van der Waals surface area contributed by atoms with Crippen molar-refractivity contribution in [1.82, 2.24) is 25.0 Å². The van der Waals surface area contributed by atoms with Gasteiger partial charge in [0, 0.05) is 45.1 Å². The maximum absolute atomic E-state index is 12.6. The van der Waals surface area contributed by atoms with Crippen molar-refractivity contribution in [2.75, 3.05) is 26.2 Å². The summed E-state index contributed by atoms with van der Waals surface area (Å²) in [4.78, 5) is 30.1. The zero-order valence-corrected chi connectivity index (χ0v) is 16.4. The largest absolute Gasteiger partial charge is 0.468 e. The maximum Gasteiger partial charge on any atom is 0.422 e. The fourth-order valence-electron chi connectivity index (χ4n) is 3.15. The van der Waals surface area contributed by atoms with E-state index in [9.17, 15) is 22.8 Å². The topological polar surface area (TPSA) is 89.4 Å². The Morgan fingerprint density at radius 2 is 1.93 bits per heavy atom. The summed E-state index contributed by atoms with van der Waals surface area (Å²) in [6.07, 6.45) is 1.39. The fourth-order valence-corrected chi connectivity index (χ4v) is 3.15. The summed E-state index contributed by atoms with van der Waals surface area (Å²) in [5.41, 5.74) is 0.790. The second-order valence-corrected chi connectivity index (χ2v) is 7.14. The molecule has 0 aromatic carbocycles. The molecule has 3 heterocycles. The molecule has 1 aliphatic heterocycles. The Kier molecular flexibility index (Phi) is 6.58. The standard InChI is InChI=1S/C19H22F3N5O3/c1-26-11-15(10-25-26)17(28)24-8-13-4-6-27(7-5-13)18(29)14-2-3-16(23-9-14)30-12-19(20,21)22/h2-3,9-11,13H,4-8,12H2,1H3,(H,24,28). The Balaban J connectivity index is 1.44. The summed E-state index contributed by atoms with van der Waals surface area (Å²) in [6, 6.07) is 2.65. The van der Waals surface area contributed by atoms with Crippen molar-refractivity contribution in [3.8, 4) is 5.88 Å². The lowest BCUT2D eigenvalue weighted by Gasteiger charge is -2.32. The van der Waals surface area contributed by atoms with Crippen LogP contribution in [-0.4, -0.2) is 63.9 Å². The minimum absolute atomic E-state index is 0.180. The first-order valence-corrected chi connectivity index (χ1v) is 9.43. The highest BCUT2D eigenvalue weighted by molar-refractivity contribution is 5.94. The lowest BCUT2D eigenvalue weighted by molar-refractivity contribution is -0.154. The van der Waals surface area contributed by atoms with Crippen molar-refractivity contribution in [3.05, 3.63) is 41.9 Å². The van der Waals surface area contributed by atoms with E-state index >= 15 is 0 Å². The number of nitrogens with one attached hydrogen (secondary N) is 1. The number of carbonyl (C=O) groups is 2. The number of ether oxygens (including phenoxy) is 1. The average molecular weight is 425 g/mol. The summed E-state index contributed by atoms with van der Waals surface area (Å²) in [7, 11) is 1.74. The van der Waals surface area contributed by atoms with Gasteiger partial charge in [-0.05, 0) is 24.8 Å². The minimum atomic E-state index is -4.45. The number of aryl methyl sites for hydroxylation is 1. The number of carbonyl (C=O) groups excluding carboxylic acids is 2. The summed E-state index contributed by atoms with van der Waals surface area (Å²) >= 11 is 0. The molecule has 1 saturated heterocycles. The van der Waals surface area contributed by atoms with Crippen LogP contribution in [0.15, 0.2) is 30.7 Å². The van der Waals surface area contributed by atoms with Crippen LogP contribution >= 0.6 is 0 Å². The lowest BCUT2D eigenvalue weighted by atomic mass is 9.96. The Labute approximate surface area is 171 Å². The van der Waals surface area contributed by atoms with Gasteiger partial charge in [-0.25, -0.2) is 4.98 Å². The fraction of sp³-hybridized carbons (Fsp3) is 0.474. The summed E-state index contributed by atoms with van der Waals surface area (Å²) in [6.45, 7) is 0.137. The molecule has 0 radical (unpaired) electrons. The Bertz CT molecular complexity index is 874. The zero-order valence-electron chi connectivity index (χ0n) is 16.4. The van der Waals surface area contributed by atoms with E-state index in [0.717, 1.165) is 12.8 Å². The normalized spacial score (nSPS) is 15.1. The van der Waals surface area contributed by atoms with Gasteiger partial charge in [-0.15, -0.1) is 0 Å². The van der Waals surface area contributed by atoms with Crippen molar-refractivity contribution in [2.24, 2.45) is 13.0 Å². The van der Waals surface area contributed by atoms with Crippen LogP contribution in [0.3, 0.4) is 0 Å². The predicted molar refractivity (Wildman–Crippen MR) is 100.0 cm³/mol. The molecule has 2 aromatic rings. The highest BCUT2D eigenvalue weighted by Gasteiger charge is 2.29. The number of likely N-dealkylation sites (tertiary alicyclic amines) is 1. The summed E-state index contributed by atoms with van der Waals surface area (Å²) in [5, 5.41) is 6.85. The van der Waals surface area contributed by atoms with Crippen molar-refractivity contribution in [1.29, 1.82) is 0 Å². The van der Waals surface area contributed by atoms with Crippen molar-refractivity contribution >= 4 is 11.8 Å². The number of hydrogen-bond acceptors (Lipinski definition) is 5. The Morgan fingerprint density at radius 1 is 1.20 bits per heavy atom. The summed E-state index contributed by atoms with van der Waals surface area (Å²) < 4.78 is 42.6. The number of pyridine rings is 1. The average Bonchev–Trinajstić information content (AvgIpc) is 3.17. The van der Waals surface area contributed by atoms with Crippen molar-refractivity contribution in [2.45, 2.75) is 19.0 Å². The molecule has 11 heteroatoms. The van der Waals surface area contributed by atoms with Crippen LogP contribution in [0, 0.1) is 5.92 Å². The molecular formula is C19H22F3N5O3. The van der Waals surface area contributed by atoms with Crippen LogP contribution in [0.1, 0.15) is 33.6 Å². The molecule has 0 aliphatic carbocycles. The smallest absolute Gasteiger partial charge is 0.422 e. The van der Waals surface area contributed by atoms with Crippen LogP contribution in [0.5, 0.6) is 5.88 Å². The number of piperidine rings is 1. The molecule has 1 fully saturated rings. The molecule has 0 bridgehead atoms. The lowest BCUT2D eigenvalue weighted by Crippen LogP contribution is -2.41. The van der Waals surface area contributed by atoms with E-state index in [0.29, 0.717) is 25.2 Å². The van der Waals surface area contributed by atoms with Crippen molar-refractivity contribution < 1.29 is 27.5 Å². The predicted octanol–water partition coefficient (Wildman–Crippen LogP) is 2.04. The van der Waals surface area contributed by atoms with E-state index in [1.165, 1.54) is 24.5 Å². The minimum Gasteiger partial charge on any atom is -0.468 e. The Morgan fingerprint density at radius 3 is 2.50 bits per heavy atom. The maximum atomic E-state index is 12.6. The molecule has 1 N–H and O–H groups in total. The van der Waals surface area contributed by atoms with Gasteiger partial charge in [-0.3, -0.25) is 14.3 Å². The second kappa shape index (κ2) is 9.14. The van der Waals surface area contributed by atoms with Crippen LogP contribution in [0.4, 0.5) is 13.2 Å². The van der Waals surface area contributed by atoms with Crippen LogP contribution < -0.4 is 10.1 Å². The molecule has 0 saturated carbocycles. The third kappa shape index (κ3) is 5.94. The van der Waals surface area contributed by atoms with E-state index in [1.54, 1.807) is 22.8 Å². The van der Waals surface area contributed by atoms with Gasteiger partial charge in [-0.2, -0.15) is 18.3 Å². The number of rotatable bonds is 6. The number of alkyl halides is 3. The first-order chi connectivity index (χ1) is 14.2. The van der Waals surface area contributed by atoms with Gasteiger partial charge in [0.25, 0.3) is 11.8 Å². The second-order valence-electron chi connectivity index (χ2n) is 7.14. The molecule has 2 amide bonds. The third-order valence-electron chi connectivity index (χ3n) is 4.79. The molecule has 1 aliphatic rings. The van der Waals surface area contributed by atoms with E-state index in [-0.39, 0.29) is 29.2 Å². The molecule has 162 valence electrons. The molecule has 0 atom stereocenters. The summed E-state index contributed by atoms with van der Waals surface area (Å²) in [5.74, 6) is -0.346. The van der Waals surface area contributed by atoms with Gasteiger partial charge in [0.1, 0.15) is 0 Å². The van der Waals surface area contributed by atoms with Crippen LogP contribution in [0.25, 0.3) is 0 Å². The number of aromatic nitrogens is 3. The van der Waals surface area contributed by atoms with Gasteiger partial charge in [0.2, 0.25) is 5.88 Å². The number of hydrogen-bond donors (Lipinski definition) is 1. The number of nitrogens with zero attached hydrogens (tertiary/aromatic N) is 4. The zero-order chi connectivity index (χ0) is 21.7. The molecule has 8 nitrogen and oxygen atoms in total. The van der Waals surface area contributed by atoms with Gasteiger partial charge in [0.15, 0.2) is 6.61 Å².